The fourth-order valence-electron chi connectivity index (χ4n) is 2.48. The molecule has 1 heterocycles. The summed E-state index contributed by atoms with van der Waals surface area (Å²) in [7, 11) is 0. The molecular weight excluding hydrogens is 248 g/mol. The Bertz CT molecular complexity index is 386. The maximum atomic E-state index is 10.7. The summed E-state index contributed by atoms with van der Waals surface area (Å²) in [6.45, 7) is 1.68. The van der Waals surface area contributed by atoms with Crippen LogP contribution in [0.25, 0.3) is 0 Å². The largest absolute Gasteiger partial charge is 0.476 e. The second-order valence-corrected chi connectivity index (χ2v) is 5.78. The number of aromatic carboxylic acids is 1. The molecule has 0 aromatic carbocycles. The molecule has 18 heavy (non-hydrogen) atoms. The van der Waals surface area contributed by atoms with Crippen molar-refractivity contribution in [2.24, 2.45) is 5.92 Å². The second kappa shape index (κ2) is 6.85. The van der Waals surface area contributed by atoms with Crippen molar-refractivity contribution in [2.75, 3.05) is 6.54 Å². The average Bonchev–Trinajstić information content (AvgIpc) is 2.85. The maximum absolute atomic E-state index is 10.7. The zero-order valence-corrected chi connectivity index (χ0v) is 11.3. The van der Waals surface area contributed by atoms with Crippen LogP contribution in [-0.2, 0) is 6.54 Å². The quantitative estimate of drug-likeness (QED) is 0.779. The van der Waals surface area contributed by atoms with Crippen molar-refractivity contribution in [3.8, 4) is 0 Å². The first-order valence-corrected chi connectivity index (χ1v) is 7.52. The van der Waals surface area contributed by atoms with Crippen molar-refractivity contribution < 1.29 is 9.90 Å². The molecule has 0 unspecified atom stereocenters. The number of aromatic nitrogens is 1. The molecule has 2 rings (SSSR count). The van der Waals surface area contributed by atoms with Crippen LogP contribution in [0.1, 0.15) is 54.0 Å². The van der Waals surface area contributed by atoms with Gasteiger partial charge in [0.1, 0.15) is 0 Å². The lowest BCUT2D eigenvalue weighted by Crippen LogP contribution is -2.19. The number of hydrogen-bond donors (Lipinski definition) is 2. The molecule has 0 bridgehead atoms. The van der Waals surface area contributed by atoms with Crippen molar-refractivity contribution in [3.05, 3.63) is 16.1 Å². The smallest absolute Gasteiger partial charge is 0.365 e. The zero-order chi connectivity index (χ0) is 12.8. The average molecular weight is 268 g/mol. The summed E-state index contributed by atoms with van der Waals surface area (Å²) >= 11 is 1.19. The van der Waals surface area contributed by atoms with Crippen molar-refractivity contribution >= 4 is 17.3 Å². The number of carboxylic acid groups (broad SMARTS) is 1. The molecule has 2 N–H and O–H groups in total. The van der Waals surface area contributed by atoms with Crippen molar-refractivity contribution in [2.45, 2.75) is 45.1 Å². The Kier molecular flexibility index (Phi) is 5.13. The Hall–Kier alpha value is -0.940. The van der Waals surface area contributed by atoms with Crippen LogP contribution < -0.4 is 5.32 Å². The second-order valence-electron chi connectivity index (χ2n) is 4.92. The van der Waals surface area contributed by atoms with Gasteiger partial charge in [-0.1, -0.05) is 32.1 Å². The van der Waals surface area contributed by atoms with Gasteiger partial charge in [-0.15, -0.1) is 11.3 Å². The van der Waals surface area contributed by atoms with Crippen LogP contribution in [0.3, 0.4) is 0 Å². The summed E-state index contributed by atoms with van der Waals surface area (Å²) in [4.78, 5) is 14.7. The summed E-state index contributed by atoms with van der Waals surface area (Å²) in [5, 5.41) is 14.1. The van der Waals surface area contributed by atoms with E-state index in [4.69, 9.17) is 5.11 Å². The summed E-state index contributed by atoms with van der Waals surface area (Å²) in [6, 6.07) is 0. The fraction of sp³-hybridized carbons (Fsp3) is 0.692. The zero-order valence-electron chi connectivity index (χ0n) is 10.5. The predicted molar refractivity (Wildman–Crippen MR) is 72.0 cm³/mol. The number of thiazole rings is 1. The van der Waals surface area contributed by atoms with Gasteiger partial charge in [0.15, 0.2) is 0 Å². The van der Waals surface area contributed by atoms with Gasteiger partial charge < -0.3 is 10.4 Å². The van der Waals surface area contributed by atoms with E-state index in [0.717, 1.165) is 18.2 Å². The van der Waals surface area contributed by atoms with Gasteiger partial charge in [0.05, 0.1) is 5.69 Å². The third-order valence-electron chi connectivity index (χ3n) is 3.49. The molecule has 0 saturated heterocycles. The Morgan fingerprint density at radius 2 is 2.22 bits per heavy atom. The molecule has 0 amide bonds. The molecule has 100 valence electrons. The Morgan fingerprint density at radius 3 is 2.89 bits per heavy atom. The first-order chi connectivity index (χ1) is 8.75. The highest BCUT2D eigenvalue weighted by Crippen LogP contribution is 2.25. The number of hydrogen-bond acceptors (Lipinski definition) is 4. The van der Waals surface area contributed by atoms with Gasteiger partial charge in [-0.05, 0) is 18.9 Å². The molecule has 5 heteroatoms. The van der Waals surface area contributed by atoms with E-state index < -0.39 is 5.97 Å². The first-order valence-electron chi connectivity index (χ1n) is 6.64. The van der Waals surface area contributed by atoms with Crippen LogP contribution in [0.5, 0.6) is 0 Å². The van der Waals surface area contributed by atoms with Crippen molar-refractivity contribution in [3.63, 3.8) is 0 Å². The molecule has 1 aromatic heterocycles. The van der Waals surface area contributed by atoms with Gasteiger partial charge in [-0.3, -0.25) is 0 Å². The van der Waals surface area contributed by atoms with Crippen LogP contribution in [0.4, 0.5) is 0 Å². The number of carboxylic acids is 1. The van der Waals surface area contributed by atoms with E-state index in [1.54, 1.807) is 0 Å². The Balaban J connectivity index is 1.63. The molecule has 0 radical (unpaired) electrons. The van der Waals surface area contributed by atoms with Crippen LogP contribution >= 0.6 is 11.3 Å². The van der Waals surface area contributed by atoms with Crippen molar-refractivity contribution in [1.82, 2.24) is 10.3 Å². The lowest BCUT2D eigenvalue weighted by Gasteiger charge is -2.21. The molecule has 1 aliphatic rings. The topological polar surface area (TPSA) is 62.2 Å². The molecule has 0 aliphatic heterocycles. The van der Waals surface area contributed by atoms with E-state index >= 15 is 0 Å². The minimum Gasteiger partial charge on any atom is -0.476 e. The molecule has 0 spiro atoms. The fourth-order valence-corrected chi connectivity index (χ4v) is 3.14. The number of nitrogens with zero attached hydrogens (tertiary/aromatic N) is 1. The van der Waals surface area contributed by atoms with Crippen LogP contribution in [0, 0.1) is 5.92 Å². The molecule has 1 aromatic rings. The van der Waals surface area contributed by atoms with E-state index in [1.165, 1.54) is 49.9 Å². The Labute approximate surface area is 111 Å². The Morgan fingerprint density at radius 1 is 1.44 bits per heavy atom. The SMILES string of the molecule is O=C(O)c1nc(CNCCC2CCCCC2)cs1. The van der Waals surface area contributed by atoms with E-state index in [2.05, 4.69) is 10.3 Å². The summed E-state index contributed by atoms with van der Waals surface area (Å²) in [6.07, 6.45) is 8.16. The third kappa shape index (κ3) is 4.07. The third-order valence-corrected chi connectivity index (χ3v) is 4.37. The number of carbonyl (C=O) groups is 1. The highest BCUT2D eigenvalue weighted by atomic mass is 32.1. The highest BCUT2D eigenvalue weighted by molar-refractivity contribution is 7.11. The first kappa shape index (κ1) is 13.5. The van der Waals surface area contributed by atoms with Crippen LogP contribution in [0.2, 0.25) is 0 Å². The van der Waals surface area contributed by atoms with Gasteiger partial charge in [-0.2, -0.15) is 0 Å². The van der Waals surface area contributed by atoms with Gasteiger partial charge in [-0.25, -0.2) is 9.78 Å². The molecule has 0 atom stereocenters. The predicted octanol–water partition coefficient (Wildman–Crippen LogP) is 2.90. The monoisotopic (exact) mass is 268 g/mol. The molecule has 1 fully saturated rings. The minimum absolute atomic E-state index is 0.180. The van der Waals surface area contributed by atoms with Crippen molar-refractivity contribution in [1.29, 1.82) is 0 Å². The van der Waals surface area contributed by atoms with E-state index in [-0.39, 0.29) is 5.01 Å². The minimum atomic E-state index is -0.937. The molecule has 1 saturated carbocycles. The lowest BCUT2D eigenvalue weighted by molar-refractivity contribution is 0.0696. The van der Waals surface area contributed by atoms with E-state index in [9.17, 15) is 4.79 Å². The van der Waals surface area contributed by atoms with Gasteiger partial charge in [0, 0.05) is 11.9 Å². The van der Waals surface area contributed by atoms with Gasteiger partial charge in [0.2, 0.25) is 5.01 Å². The van der Waals surface area contributed by atoms with E-state index in [0.29, 0.717) is 6.54 Å². The van der Waals surface area contributed by atoms with Crippen LogP contribution in [0.15, 0.2) is 5.38 Å². The van der Waals surface area contributed by atoms with Crippen LogP contribution in [-0.4, -0.2) is 22.6 Å². The van der Waals surface area contributed by atoms with Gasteiger partial charge in [0.25, 0.3) is 0 Å². The standard InChI is InChI=1S/C13H20N2O2S/c16-13(17)12-15-11(9-18-12)8-14-7-6-10-4-2-1-3-5-10/h9-10,14H,1-8H2,(H,16,17). The maximum Gasteiger partial charge on any atom is 0.365 e. The molecule has 1 aliphatic carbocycles. The summed E-state index contributed by atoms with van der Waals surface area (Å²) < 4.78 is 0. The lowest BCUT2D eigenvalue weighted by atomic mass is 9.87. The van der Waals surface area contributed by atoms with E-state index in [1.807, 2.05) is 5.38 Å². The highest BCUT2D eigenvalue weighted by Gasteiger charge is 2.13. The molecule has 4 nitrogen and oxygen atoms in total. The summed E-state index contributed by atoms with van der Waals surface area (Å²) in [5.74, 6) is -0.0512. The number of nitrogens with one attached hydrogen (secondary N) is 1. The van der Waals surface area contributed by atoms with Gasteiger partial charge >= 0.3 is 5.97 Å². The number of rotatable bonds is 6. The summed E-state index contributed by atoms with van der Waals surface area (Å²) in [5.41, 5.74) is 0.834. The normalized spacial score (nSPS) is 16.9. The molecular formula is C13H20N2O2S.